The van der Waals surface area contributed by atoms with Crippen molar-refractivity contribution in [1.29, 1.82) is 0 Å². The molecule has 0 aliphatic rings. The molecule has 0 amide bonds. The standard InChI is InChI=1S/Ca.Na.HPS/c;;1-2/h;;1H. The minimum atomic E-state index is 0. The van der Waals surface area contributed by atoms with Crippen LogP contribution < -0.4 is 0 Å². The van der Waals surface area contributed by atoms with E-state index in [0.717, 1.165) is 0 Å². The van der Waals surface area contributed by atoms with E-state index in [2.05, 4.69) is 19.8 Å². The van der Waals surface area contributed by atoms with Gasteiger partial charge in [0.25, 0.3) is 0 Å². The minimum absolute atomic E-state index is 0. The Morgan fingerprint density at radius 1 is 1.25 bits per heavy atom. The van der Waals surface area contributed by atoms with Crippen LogP contribution in [0.4, 0.5) is 0 Å². The zero-order chi connectivity index (χ0) is 2.00. The van der Waals surface area contributed by atoms with Crippen molar-refractivity contribution in [3.63, 3.8) is 0 Å². The molecule has 0 aliphatic heterocycles. The Balaban J connectivity index is -0.00000000500. The Hall–Kier alpha value is 2.78. The van der Waals surface area contributed by atoms with Crippen molar-refractivity contribution in [2.75, 3.05) is 0 Å². The maximum absolute atomic E-state index is 3.89. The summed E-state index contributed by atoms with van der Waals surface area (Å²) in [4.78, 5) is 0. The summed E-state index contributed by atoms with van der Waals surface area (Å²) < 4.78 is 0. The number of hydrogen-bond donors (Lipinski definition) is 0. The average molecular weight is 127 g/mol. The van der Waals surface area contributed by atoms with Crippen molar-refractivity contribution in [3.05, 3.63) is 0 Å². The summed E-state index contributed by atoms with van der Waals surface area (Å²) in [7, 11) is 2.56. The van der Waals surface area contributed by atoms with E-state index in [1.807, 2.05) is 0 Å². The molecule has 4 heavy (non-hydrogen) atoms. The van der Waals surface area contributed by atoms with E-state index in [-0.39, 0.29) is 67.3 Å². The molecular formula is HCaNaPS. The molecule has 4 heteroatoms. The molecule has 0 aromatic carbocycles. The molecule has 0 bridgehead atoms. The molecule has 0 rings (SSSR count). The SMILES string of the molecule is P=S.[Ca].[Na]. The summed E-state index contributed by atoms with van der Waals surface area (Å²) in [6, 6.07) is 0. The maximum atomic E-state index is 3.89. The second-order valence-electron chi connectivity index (χ2n) is 0. The molecule has 3 radical (unpaired) electrons. The van der Waals surface area contributed by atoms with Gasteiger partial charge in [0.1, 0.15) is 0 Å². The first kappa shape index (κ1) is 15.9. The largest absolute Gasteiger partial charge is 0.0615 e. The van der Waals surface area contributed by atoms with E-state index in [9.17, 15) is 0 Å². The second-order valence-corrected chi connectivity index (χ2v) is 0. The fraction of sp³-hybridized carbons (Fsp3) is 0. The first-order chi connectivity index (χ1) is 1.00. The van der Waals surface area contributed by atoms with Crippen LogP contribution in [0.2, 0.25) is 0 Å². The van der Waals surface area contributed by atoms with E-state index in [4.69, 9.17) is 0 Å². The molecule has 0 fully saturated rings. The van der Waals surface area contributed by atoms with Gasteiger partial charge in [-0.3, -0.25) is 0 Å². The predicted octanol–water partition coefficient (Wildman–Crippen LogP) is -0.171. The van der Waals surface area contributed by atoms with Crippen LogP contribution in [0.15, 0.2) is 0 Å². The van der Waals surface area contributed by atoms with Crippen molar-refractivity contribution >= 4 is 87.1 Å². The van der Waals surface area contributed by atoms with E-state index in [1.54, 1.807) is 0 Å². The fourth-order valence-electron chi connectivity index (χ4n) is 0. The van der Waals surface area contributed by atoms with Gasteiger partial charge in [0.2, 0.25) is 0 Å². The van der Waals surface area contributed by atoms with Gasteiger partial charge in [-0.25, -0.2) is 0 Å². The Labute approximate surface area is 85.3 Å². The third-order valence-electron chi connectivity index (χ3n) is 0. The van der Waals surface area contributed by atoms with Crippen molar-refractivity contribution in [2.45, 2.75) is 0 Å². The Bertz CT molecular complexity index is 8.00. The number of rotatable bonds is 0. The summed E-state index contributed by atoms with van der Waals surface area (Å²) in [5.41, 5.74) is 0. The van der Waals surface area contributed by atoms with Gasteiger partial charge in [0.15, 0.2) is 0 Å². The van der Waals surface area contributed by atoms with Crippen LogP contribution in [-0.2, 0) is 11.8 Å². The topological polar surface area (TPSA) is 0 Å². The Morgan fingerprint density at radius 3 is 1.25 bits per heavy atom. The van der Waals surface area contributed by atoms with Gasteiger partial charge in [0, 0.05) is 67.3 Å². The van der Waals surface area contributed by atoms with E-state index in [1.165, 1.54) is 0 Å². The zero-order valence-electron chi connectivity index (χ0n) is 2.62. The van der Waals surface area contributed by atoms with Crippen LogP contribution in [0.5, 0.6) is 0 Å². The molecule has 0 saturated carbocycles. The molecule has 0 heterocycles. The molecule has 0 spiro atoms. The minimum Gasteiger partial charge on any atom is -0.0615 e. The first-order valence-electron chi connectivity index (χ1n) is 0.204. The molecule has 0 unspecified atom stereocenters. The smallest absolute Gasteiger partial charge is 0 e. The summed E-state index contributed by atoms with van der Waals surface area (Å²) in [5, 5.41) is 0. The van der Waals surface area contributed by atoms with Crippen molar-refractivity contribution in [3.8, 4) is 0 Å². The average Bonchev–Trinajstić information content (AvgIpc) is 1.00. The second kappa shape index (κ2) is 17.1. The molecule has 0 aromatic heterocycles. The quantitative estimate of drug-likeness (QED) is 0.321. The normalized spacial score (nSPS) is 1.00. The first-order valence-corrected chi connectivity index (χ1v) is 1.84. The van der Waals surface area contributed by atoms with Gasteiger partial charge >= 0.3 is 0 Å². The maximum Gasteiger partial charge on any atom is 0 e. The van der Waals surface area contributed by atoms with Crippen LogP contribution in [0.1, 0.15) is 0 Å². The van der Waals surface area contributed by atoms with Gasteiger partial charge in [-0.15, -0.1) is 0 Å². The van der Waals surface area contributed by atoms with E-state index >= 15 is 0 Å². The van der Waals surface area contributed by atoms with Crippen molar-refractivity contribution in [2.24, 2.45) is 0 Å². The van der Waals surface area contributed by atoms with Gasteiger partial charge in [0.05, 0.1) is 0 Å². The molecule has 0 saturated heterocycles. The molecule has 0 nitrogen and oxygen atoms in total. The van der Waals surface area contributed by atoms with Gasteiger partial charge in [-0.05, 0) is 8.02 Å². The van der Waals surface area contributed by atoms with Crippen LogP contribution in [0, 0.1) is 0 Å². The third-order valence-corrected chi connectivity index (χ3v) is 0. The van der Waals surface area contributed by atoms with Crippen molar-refractivity contribution in [1.82, 2.24) is 0 Å². The molecule has 0 aliphatic carbocycles. The van der Waals surface area contributed by atoms with Crippen LogP contribution in [-0.4, -0.2) is 67.3 Å². The monoisotopic (exact) mass is 127 g/mol. The summed E-state index contributed by atoms with van der Waals surface area (Å²) in [6.07, 6.45) is 0. The molecule has 15 valence electrons. The van der Waals surface area contributed by atoms with Gasteiger partial charge < -0.3 is 0 Å². The van der Waals surface area contributed by atoms with Crippen LogP contribution >= 0.6 is 8.02 Å². The van der Waals surface area contributed by atoms with E-state index in [0.29, 0.717) is 0 Å². The molecule has 0 aromatic rings. The number of hydrogen-bond acceptors (Lipinski definition) is 1. The summed E-state index contributed by atoms with van der Waals surface area (Å²) in [6.45, 7) is 0. The zero-order valence-corrected chi connectivity index (χ0v) is 8.64. The molecular weight excluding hydrogens is 126 g/mol. The molecule has 0 atom stereocenters. The van der Waals surface area contributed by atoms with Gasteiger partial charge in [-0.2, -0.15) is 0 Å². The summed E-state index contributed by atoms with van der Waals surface area (Å²) >= 11 is 3.89. The van der Waals surface area contributed by atoms with Crippen molar-refractivity contribution < 1.29 is 0 Å². The fourth-order valence-corrected chi connectivity index (χ4v) is 0. The van der Waals surface area contributed by atoms with E-state index < -0.39 is 0 Å². The van der Waals surface area contributed by atoms with Gasteiger partial charge in [-0.1, -0.05) is 11.8 Å². The van der Waals surface area contributed by atoms with Crippen LogP contribution in [0.3, 0.4) is 0 Å². The van der Waals surface area contributed by atoms with Crippen LogP contribution in [0.25, 0.3) is 0 Å². The third kappa shape index (κ3) is 8.84. The predicted molar refractivity (Wildman–Crippen MR) is 27.2 cm³/mol. The summed E-state index contributed by atoms with van der Waals surface area (Å²) in [5.74, 6) is 0. The molecule has 0 N–H and O–H groups in total. The Morgan fingerprint density at radius 2 is 1.25 bits per heavy atom. The Kier molecular flexibility index (Phi) is 67.7.